The van der Waals surface area contributed by atoms with Crippen molar-refractivity contribution < 1.29 is 9.32 Å². The minimum atomic E-state index is -0.244. The highest BCUT2D eigenvalue weighted by molar-refractivity contribution is 5.92. The van der Waals surface area contributed by atoms with Crippen LogP contribution in [0.5, 0.6) is 0 Å². The van der Waals surface area contributed by atoms with Crippen LogP contribution in [0.3, 0.4) is 0 Å². The Labute approximate surface area is 98.8 Å². The normalized spacial score (nSPS) is 12.1. The van der Waals surface area contributed by atoms with Crippen LogP contribution in [0.15, 0.2) is 35.1 Å². The molecule has 2 heterocycles. The maximum Gasteiger partial charge on any atom is 0.273 e. The molecule has 0 aliphatic rings. The van der Waals surface area contributed by atoms with Gasteiger partial charge in [0.2, 0.25) is 0 Å². The molecule has 0 aliphatic heterocycles. The summed E-state index contributed by atoms with van der Waals surface area (Å²) in [7, 11) is 0. The lowest BCUT2D eigenvalue weighted by molar-refractivity contribution is 0.0930. The Kier molecular flexibility index (Phi) is 3.18. The molecule has 0 spiro atoms. The number of aromatic nitrogens is 2. The molecule has 0 saturated heterocycles. The lowest BCUT2D eigenvalue weighted by atomic mass is 10.1. The van der Waals surface area contributed by atoms with Gasteiger partial charge in [0, 0.05) is 18.5 Å². The van der Waals surface area contributed by atoms with E-state index < -0.39 is 0 Å². The average Bonchev–Trinajstić information content (AvgIpc) is 2.77. The largest absolute Gasteiger partial charge is 0.361 e. The van der Waals surface area contributed by atoms with Crippen molar-refractivity contribution in [1.29, 1.82) is 0 Å². The first kappa shape index (κ1) is 11.3. The van der Waals surface area contributed by atoms with Crippen molar-refractivity contribution in [3.05, 3.63) is 47.6 Å². The Morgan fingerprint density at radius 1 is 1.41 bits per heavy atom. The van der Waals surface area contributed by atoms with Crippen LogP contribution < -0.4 is 5.32 Å². The van der Waals surface area contributed by atoms with E-state index in [1.165, 1.54) is 0 Å². The highest BCUT2D eigenvalue weighted by atomic mass is 16.5. The lowest BCUT2D eigenvalue weighted by Gasteiger charge is -2.12. The van der Waals surface area contributed by atoms with E-state index in [0.29, 0.717) is 11.5 Å². The summed E-state index contributed by atoms with van der Waals surface area (Å²) < 4.78 is 4.85. The zero-order valence-electron chi connectivity index (χ0n) is 9.68. The van der Waals surface area contributed by atoms with E-state index in [0.717, 1.165) is 5.56 Å². The van der Waals surface area contributed by atoms with Crippen LogP contribution in [0.2, 0.25) is 0 Å². The Bertz CT molecular complexity index is 507. The minimum Gasteiger partial charge on any atom is -0.361 e. The molecular weight excluding hydrogens is 218 g/mol. The van der Waals surface area contributed by atoms with Crippen LogP contribution in [0, 0.1) is 6.92 Å². The van der Waals surface area contributed by atoms with Gasteiger partial charge in [-0.25, -0.2) is 0 Å². The molecular formula is C12H13N3O2. The van der Waals surface area contributed by atoms with Gasteiger partial charge < -0.3 is 9.84 Å². The molecule has 2 rings (SSSR count). The molecule has 2 aromatic heterocycles. The second kappa shape index (κ2) is 4.78. The van der Waals surface area contributed by atoms with E-state index in [-0.39, 0.29) is 11.9 Å². The van der Waals surface area contributed by atoms with E-state index in [9.17, 15) is 4.79 Å². The van der Waals surface area contributed by atoms with Crippen molar-refractivity contribution in [2.45, 2.75) is 19.9 Å². The van der Waals surface area contributed by atoms with E-state index in [4.69, 9.17) is 4.52 Å². The Morgan fingerprint density at radius 3 is 2.71 bits per heavy atom. The first-order valence-corrected chi connectivity index (χ1v) is 5.31. The molecule has 1 N–H and O–H groups in total. The van der Waals surface area contributed by atoms with Crippen molar-refractivity contribution in [1.82, 2.24) is 15.5 Å². The van der Waals surface area contributed by atoms with Gasteiger partial charge in [0.05, 0.1) is 6.04 Å². The Hall–Kier alpha value is -2.17. The third-order valence-corrected chi connectivity index (χ3v) is 2.41. The topological polar surface area (TPSA) is 68.0 Å². The van der Waals surface area contributed by atoms with Gasteiger partial charge in [0.25, 0.3) is 5.91 Å². The summed E-state index contributed by atoms with van der Waals surface area (Å²) in [5.74, 6) is 0.373. The van der Waals surface area contributed by atoms with E-state index in [1.807, 2.05) is 19.1 Å². The summed E-state index contributed by atoms with van der Waals surface area (Å²) in [6.45, 7) is 3.65. The van der Waals surface area contributed by atoms with E-state index in [1.54, 1.807) is 25.4 Å². The van der Waals surface area contributed by atoms with Crippen LogP contribution in [-0.4, -0.2) is 16.0 Å². The number of nitrogens with zero attached hydrogens (tertiary/aromatic N) is 2. The fourth-order valence-corrected chi connectivity index (χ4v) is 1.48. The molecule has 0 saturated carbocycles. The summed E-state index contributed by atoms with van der Waals surface area (Å²) in [6.07, 6.45) is 3.39. The molecule has 0 bridgehead atoms. The van der Waals surface area contributed by atoms with Crippen LogP contribution in [0.1, 0.15) is 34.8 Å². The zero-order chi connectivity index (χ0) is 12.3. The van der Waals surface area contributed by atoms with Crippen molar-refractivity contribution >= 4 is 5.91 Å². The Balaban J connectivity index is 2.04. The number of hydrogen-bond donors (Lipinski definition) is 1. The second-order valence-corrected chi connectivity index (χ2v) is 3.80. The predicted octanol–water partition coefficient (Wildman–Crippen LogP) is 1.87. The average molecular weight is 231 g/mol. The number of carbonyl (C=O) groups excluding carboxylic acids is 1. The molecule has 1 atom stereocenters. The summed E-state index contributed by atoms with van der Waals surface area (Å²) in [5.41, 5.74) is 1.29. The number of hydrogen-bond acceptors (Lipinski definition) is 4. The minimum absolute atomic E-state index is 0.0949. The van der Waals surface area contributed by atoms with Gasteiger partial charge in [-0.15, -0.1) is 0 Å². The van der Waals surface area contributed by atoms with Gasteiger partial charge in [-0.1, -0.05) is 5.16 Å². The van der Waals surface area contributed by atoms with Gasteiger partial charge in [0.15, 0.2) is 5.69 Å². The molecule has 0 fully saturated rings. The SMILES string of the molecule is Cc1cc(C(=O)N[C@@H](C)c2ccncc2)no1. The molecule has 2 aromatic rings. The molecule has 0 radical (unpaired) electrons. The highest BCUT2D eigenvalue weighted by Crippen LogP contribution is 2.11. The molecule has 0 aliphatic carbocycles. The quantitative estimate of drug-likeness (QED) is 0.875. The molecule has 0 aromatic carbocycles. The first-order chi connectivity index (χ1) is 8.16. The molecule has 0 unspecified atom stereocenters. The van der Waals surface area contributed by atoms with Crippen molar-refractivity contribution in [3.8, 4) is 0 Å². The third kappa shape index (κ3) is 2.69. The fourth-order valence-electron chi connectivity index (χ4n) is 1.48. The van der Waals surface area contributed by atoms with Crippen LogP contribution in [0.4, 0.5) is 0 Å². The Morgan fingerprint density at radius 2 is 2.12 bits per heavy atom. The van der Waals surface area contributed by atoms with E-state index >= 15 is 0 Å². The predicted molar refractivity (Wildman–Crippen MR) is 61.4 cm³/mol. The van der Waals surface area contributed by atoms with Crippen LogP contribution >= 0.6 is 0 Å². The van der Waals surface area contributed by atoms with Crippen molar-refractivity contribution in [3.63, 3.8) is 0 Å². The lowest BCUT2D eigenvalue weighted by Crippen LogP contribution is -2.26. The summed E-state index contributed by atoms with van der Waals surface area (Å²) in [6, 6.07) is 5.23. The number of aryl methyl sites for hydroxylation is 1. The first-order valence-electron chi connectivity index (χ1n) is 5.31. The number of pyridine rings is 1. The summed E-state index contributed by atoms with van der Waals surface area (Å²) >= 11 is 0. The number of amides is 1. The smallest absolute Gasteiger partial charge is 0.273 e. The number of rotatable bonds is 3. The van der Waals surface area contributed by atoms with Gasteiger partial charge in [0.1, 0.15) is 5.76 Å². The zero-order valence-corrected chi connectivity index (χ0v) is 9.68. The van der Waals surface area contributed by atoms with Gasteiger partial charge in [-0.05, 0) is 31.5 Å². The molecule has 17 heavy (non-hydrogen) atoms. The van der Waals surface area contributed by atoms with Gasteiger partial charge in [-0.3, -0.25) is 9.78 Å². The third-order valence-electron chi connectivity index (χ3n) is 2.41. The maximum atomic E-state index is 11.8. The fraction of sp³-hybridized carbons (Fsp3) is 0.250. The summed E-state index contributed by atoms with van der Waals surface area (Å²) in [5, 5.41) is 6.50. The van der Waals surface area contributed by atoms with Crippen LogP contribution in [0.25, 0.3) is 0 Å². The second-order valence-electron chi connectivity index (χ2n) is 3.80. The molecule has 5 heteroatoms. The van der Waals surface area contributed by atoms with Crippen molar-refractivity contribution in [2.24, 2.45) is 0 Å². The van der Waals surface area contributed by atoms with Crippen LogP contribution in [-0.2, 0) is 0 Å². The molecule has 88 valence electrons. The van der Waals surface area contributed by atoms with E-state index in [2.05, 4.69) is 15.5 Å². The number of nitrogens with one attached hydrogen (secondary N) is 1. The number of carbonyl (C=O) groups is 1. The monoisotopic (exact) mass is 231 g/mol. The maximum absolute atomic E-state index is 11.8. The standard InChI is InChI=1S/C12H13N3O2/c1-8-7-11(15-17-8)12(16)14-9(2)10-3-5-13-6-4-10/h3-7,9H,1-2H3,(H,14,16)/t9-/m0/s1. The van der Waals surface area contributed by atoms with Gasteiger partial charge in [-0.2, -0.15) is 0 Å². The molecule has 5 nitrogen and oxygen atoms in total. The summed E-state index contributed by atoms with van der Waals surface area (Å²) in [4.78, 5) is 15.7. The molecule has 1 amide bonds. The van der Waals surface area contributed by atoms with Crippen molar-refractivity contribution in [2.75, 3.05) is 0 Å². The van der Waals surface area contributed by atoms with Gasteiger partial charge >= 0.3 is 0 Å². The highest BCUT2D eigenvalue weighted by Gasteiger charge is 2.14.